The molecule has 0 fully saturated rings. The van der Waals surface area contributed by atoms with Crippen molar-refractivity contribution in [3.05, 3.63) is 12.7 Å². The van der Waals surface area contributed by atoms with Gasteiger partial charge in [-0.1, -0.05) is 39.2 Å². The van der Waals surface area contributed by atoms with Gasteiger partial charge in [0.15, 0.2) is 0 Å². The summed E-state index contributed by atoms with van der Waals surface area (Å²) in [4.78, 5) is 0. The van der Waals surface area contributed by atoms with E-state index < -0.39 is 0 Å². The Morgan fingerprint density at radius 2 is 2.00 bits per heavy atom. The Morgan fingerprint density at radius 1 is 1.36 bits per heavy atom. The SMILES string of the molecule is C=CC(C)(/C=N/N(C)C)CCCCC. The van der Waals surface area contributed by atoms with E-state index >= 15 is 0 Å². The lowest BCUT2D eigenvalue weighted by Gasteiger charge is -2.21. The molecule has 0 rings (SSSR count). The smallest absolute Gasteiger partial charge is 0.0341 e. The van der Waals surface area contributed by atoms with Crippen molar-refractivity contribution in [3.63, 3.8) is 0 Å². The molecule has 0 aliphatic rings. The largest absolute Gasteiger partial charge is 0.303 e. The fourth-order valence-corrected chi connectivity index (χ4v) is 1.22. The van der Waals surface area contributed by atoms with Crippen LogP contribution in [0.4, 0.5) is 0 Å². The summed E-state index contributed by atoms with van der Waals surface area (Å²) in [6, 6.07) is 0. The summed E-state index contributed by atoms with van der Waals surface area (Å²) in [5, 5.41) is 6.10. The van der Waals surface area contributed by atoms with Crippen LogP contribution >= 0.6 is 0 Å². The molecule has 0 bridgehead atoms. The van der Waals surface area contributed by atoms with Gasteiger partial charge in [0.2, 0.25) is 0 Å². The Bertz CT molecular complexity index is 185. The van der Waals surface area contributed by atoms with Crippen LogP contribution in [0.1, 0.15) is 39.5 Å². The minimum absolute atomic E-state index is 0.0550. The summed E-state index contributed by atoms with van der Waals surface area (Å²) < 4.78 is 0. The van der Waals surface area contributed by atoms with E-state index in [4.69, 9.17) is 0 Å². The summed E-state index contributed by atoms with van der Waals surface area (Å²) in [6.07, 6.45) is 8.93. The maximum atomic E-state index is 4.28. The van der Waals surface area contributed by atoms with Crippen LogP contribution in [-0.4, -0.2) is 25.3 Å². The average Bonchev–Trinajstić information content (AvgIpc) is 2.15. The van der Waals surface area contributed by atoms with E-state index in [1.54, 1.807) is 0 Å². The predicted octanol–water partition coefficient (Wildman–Crippen LogP) is 3.31. The first kappa shape index (κ1) is 13.2. The number of nitrogens with zero attached hydrogens (tertiary/aromatic N) is 2. The Morgan fingerprint density at radius 3 is 2.43 bits per heavy atom. The summed E-state index contributed by atoms with van der Waals surface area (Å²) in [5.41, 5.74) is 0.0550. The lowest BCUT2D eigenvalue weighted by molar-refractivity contribution is 0.424. The quantitative estimate of drug-likeness (QED) is 0.264. The zero-order valence-corrected chi connectivity index (χ0v) is 10.1. The number of hydrogen-bond donors (Lipinski definition) is 0. The highest BCUT2D eigenvalue weighted by Crippen LogP contribution is 2.23. The molecule has 0 aliphatic carbocycles. The minimum Gasteiger partial charge on any atom is -0.303 e. The molecule has 0 saturated heterocycles. The second-order valence-electron chi connectivity index (χ2n) is 4.26. The lowest BCUT2D eigenvalue weighted by atomic mass is 9.86. The second kappa shape index (κ2) is 6.63. The van der Waals surface area contributed by atoms with E-state index in [-0.39, 0.29) is 5.41 Å². The zero-order chi connectivity index (χ0) is 11.0. The predicted molar refractivity (Wildman–Crippen MR) is 64.6 cm³/mol. The van der Waals surface area contributed by atoms with Gasteiger partial charge in [-0.25, -0.2) is 0 Å². The van der Waals surface area contributed by atoms with Crippen molar-refractivity contribution >= 4 is 6.21 Å². The average molecular weight is 196 g/mol. The van der Waals surface area contributed by atoms with Gasteiger partial charge in [0.05, 0.1) is 0 Å². The van der Waals surface area contributed by atoms with Crippen LogP contribution in [0.2, 0.25) is 0 Å². The van der Waals surface area contributed by atoms with Gasteiger partial charge in [-0.05, 0) is 6.42 Å². The first-order valence-corrected chi connectivity index (χ1v) is 5.40. The number of rotatable bonds is 7. The van der Waals surface area contributed by atoms with Crippen molar-refractivity contribution in [2.24, 2.45) is 10.5 Å². The van der Waals surface area contributed by atoms with Crippen molar-refractivity contribution in [2.75, 3.05) is 14.1 Å². The standard InChI is InChI=1S/C12H24N2/c1-6-8-9-10-12(3,7-2)11-13-14(4)5/h7,11H,2,6,8-10H2,1,3-5H3/b13-11+. The van der Waals surface area contributed by atoms with Crippen molar-refractivity contribution in [3.8, 4) is 0 Å². The van der Waals surface area contributed by atoms with E-state index in [1.165, 1.54) is 19.3 Å². The second-order valence-corrected chi connectivity index (χ2v) is 4.26. The molecular weight excluding hydrogens is 172 g/mol. The van der Waals surface area contributed by atoms with Crippen LogP contribution in [0.5, 0.6) is 0 Å². The van der Waals surface area contributed by atoms with Crippen molar-refractivity contribution in [1.29, 1.82) is 0 Å². The fraction of sp³-hybridized carbons (Fsp3) is 0.750. The van der Waals surface area contributed by atoms with Gasteiger partial charge in [0, 0.05) is 25.7 Å². The third kappa shape index (κ3) is 5.79. The molecule has 0 aromatic rings. The molecule has 1 unspecified atom stereocenters. The number of hydrogen-bond acceptors (Lipinski definition) is 2. The van der Waals surface area contributed by atoms with Gasteiger partial charge in [0.25, 0.3) is 0 Å². The Balaban J connectivity index is 4.10. The van der Waals surface area contributed by atoms with E-state index in [0.29, 0.717) is 0 Å². The molecular formula is C12H24N2. The number of hydrazone groups is 1. The number of unbranched alkanes of at least 4 members (excludes halogenated alkanes) is 2. The molecule has 14 heavy (non-hydrogen) atoms. The summed E-state index contributed by atoms with van der Waals surface area (Å²) >= 11 is 0. The molecule has 0 heterocycles. The molecule has 0 aromatic carbocycles. The van der Waals surface area contributed by atoms with E-state index in [2.05, 4.69) is 25.5 Å². The first-order chi connectivity index (χ1) is 6.54. The monoisotopic (exact) mass is 196 g/mol. The minimum atomic E-state index is 0.0550. The summed E-state index contributed by atoms with van der Waals surface area (Å²) in [6.45, 7) is 8.28. The van der Waals surface area contributed by atoms with Gasteiger partial charge < -0.3 is 5.01 Å². The van der Waals surface area contributed by atoms with Crippen LogP contribution < -0.4 is 0 Å². The number of allylic oxidation sites excluding steroid dienone is 1. The molecule has 0 amide bonds. The Labute approximate surface area is 88.7 Å². The maximum absolute atomic E-state index is 4.28. The molecule has 82 valence electrons. The Kier molecular flexibility index (Phi) is 6.26. The molecule has 0 saturated carbocycles. The molecule has 2 nitrogen and oxygen atoms in total. The van der Waals surface area contributed by atoms with Gasteiger partial charge in [-0.2, -0.15) is 5.10 Å². The summed E-state index contributed by atoms with van der Waals surface area (Å²) in [7, 11) is 3.87. The van der Waals surface area contributed by atoms with E-state index in [1.807, 2.05) is 31.4 Å². The van der Waals surface area contributed by atoms with Crippen molar-refractivity contribution in [1.82, 2.24) is 5.01 Å². The van der Waals surface area contributed by atoms with Crippen LogP contribution in [0.25, 0.3) is 0 Å². The van der Waals surface area contributed by atoms with Gasteiger partial charge in [-0.3, -0.25) is 0 Å². The molecule has 1 atom stereocenters. The highest BCUT2D eigenvalue weighted by atomic mass is 15.4. The van der Waals surface area contributed by atoms with Crippen LogP contribution in [-0.2, 0) is 0 Å². The molecule has 0 spiro atoms. The van der Waals surface area contributed by atoms with E-state index in [0.717, 1.165) is 6.42 Å². The van der Waals surface area contributed by atoms with Gasteiger partial charge in [0.1, 0.15) is 0 Å². The Hall–Kier alpha value is -0.790. The third-order valence-corrected chi connectivity index (χ3v) is 2.37. The highest BCUT2D eigenvalue weighted by Gasteiger charge is 2.16. The highest BCUT2D eigenvalue weighted by molar-refractivity contribution is 5.67. The van der Waals surface area contributed by atoms with Gasteiger partial charge in [-0.15, -0.1) is 6.58 Å². The first-order valence-electron chi connectivity index (χ1n) is 5.40. The molecule has 0 N–H and O–H groups in total. The molecule has 2 heteroatoms. The zero-order valence-electron chi connectivity index (χ0n) is 10.1. The van der Waals surface area contributed by atoms with Crippen molar-refractivity contribution in [2.45, 2.75) is 39.5 Å². The van der Waals surface area contributed by atoms with Crippen LogP contribution in [0.15, 0.2) is 17.8 Å². The normalized spacial score (nSPS) is 15.4. The van der Waals surface area contributed by atoms with Crippen LogP contribution in [0.3, 0.4) is 0 Å². The fourth-order valence-electron chi connectivity index (χ4n) is 1.22. The van der Waals surface area contributed by atoms with Crippen LogP contribution in [0, 0.1) is 5.41 Å². The van der Waals surface area contributed by atoms with Crippen molar-refractivity contribution < 1.29 is 0 Å². The topological polar surface area (TPSA) is 15.6 Å². The molecule has 0 radical (unpaired) electrons. The summed E-state index contributed by atoms with van der Waals surface area (Å²) in [5.74, 6) is 0. The van der Waals surface area contributed by atoms with E-state index in [9.17, 15) is 0 Å². The lowest BCUT2D eigenvalue weighted by Crippen LogP contribution is -2.17. The molecule has 0 aromatic heterocycles. The molecule has 0 aliphatic heterocycles. The maximum Gasteiger partial charge on any atom is 0.0341 e. The van der Waals surface area contributed by atoms with Gasteiger partial charge >= 0.3 is 0 Å². The third-order valence-electron chi connectivity index (χ3n) is 2.37.